The van der Waals surface area contributed by atoms with Crippen molar-refractivity contribution in [3.05, 3.63) is 29.3 Å². The van der Waals surface area contributed by atoms with Crippen LogP contribution >= 0.6 is 0 Å². The van der Waals surface area contributed by atoms with Crippen LogP contribution in [-0.2, 0) is 0 Å². The summed E-state index contributed by atoms with van der Waals surface area (Å²) in [5, 5.41) is 9.47. The number of aryl methyl sites for hydroxylation is 1. The number of aliphatic hydroxyl groups is 1. The van der Waals surface area contributed by atoms with Gasteiger partial charge in [0.05, 0.1) is 12.2 Å². The van der Waals surface area contributed by atoms with Crippen LogP contribution in [0.15, 0.2) is 18.2 Å². The molecule has 0 bridgehead atoms. The number of ether oxygens (including phenoxy) is 1. The highest BCUT2D eigenvalue weighted by Gasteiger charge is 2.09. The van der Waals surface area contributed by atoms with E-state index < -0.39 is 6.10 Å². The molecule has 0 aliphatic heterocycles. The molecule has 1 N–H and O–H groups in total. The van der Waals surface area contributed by atoms with Crippen molar-refractivity contribution in [2.75, 3.05) is 0 Å². The number of hydrogen-bond acceptors (Lipinski definition) is 2. The summed E-state index contributed by atoms with van der Waals surface area (Å²) in [7, 11) is 0. The zero-order chi connectivity index (χ0) is 12.1. The van der Waals surface area contributed by atoms with Crippen molar-refractivity contribution < 1.29 is 9.84 Å². The van der Waals surface area contributed by atoms with Crippen molar-refractivity contribution in [2.24, 2.45) is 0 Å². The molecule has 16 heavy (non-hydrogen) atoms. The molecule has 0 aromatic heterocycles. The van der Waals surface area contributed by atoms with Gasteiger partial charge in [0.1, 0.15) is 5.75 Å². The Kier molecular flexibility index (Phi) is 4.81. The maximum atomic E-state index is 9.47. The van der Waals surface area contributed by atoms with Gasteiger partial charge in [-0.05, 0) is 49.9 Å². The van der Waals surface area contributed by atoms with Crippen molar-refractivity contribution in [3.63, 3.8) is 0 Å². The first-order valence-electron chi connectivity index (χ1n) is 6.03. The van der Waals surface area contributed by atoms with E-state index in [1.165, 1.54) is 0 Å². The average Bonchev–Trinajstić information content (AvgIpc) is 2.27. The lowest BCUT2D eigenvalue weighted by Crippen LogP contribution is -2.14. The Balaban J connectivity index is 2.82. The summed E-state index contributed by atoms with van der Waals surface area (Å²) in [4.78, 5) is 0. The molecule has 1 unspecified atom stereocenters. The minimum absolute atomic E-state index is 0.288. The van der Waals surface area contributed by atoms with Crippen LogP contribution in [0.3, 0.4) is 0 Å². The molecule has 0 radical (unpaired) electrons. The Labute approximate surface area is 98.3 Å². The van der Waals surface area contributed by atoms with Crippen LogP contribution in [-0.4, -0.2) is 11.2 Å². The van der Waals surface area contributed by atoms with Gasteiger partial charge in [0.15, 0.2) is 0 Å². The highest BCUT2D eigenvalue weighted by molar-refractivity contribution is 5.37. The van der Waals surface area contributed by atoms with Gasteiger partial charge in [-0.15, -0.1) is 0 Å². The first-order chi connectivity index (χ1) is 7.58. The summed E-state index contributed by atoms with van der Waals surface area (Å²) in [6, 6.07) is 5.87. The predicted octanol–water partition coefficient (Wildman–Crippen LogP) is 3.62. The van der Waals surface area contributed by atoms with E-state index in [2.05, 4.69) is 13.8 Å². The van der Waals surface area contributed by atoms with Crippen LogP contribution < -0.4 is 4.74 Å². The van der Waals surface area contributed by atoms with Gasteiger partial charge >= 0.3 is 0 Å². The SMILES string of the molecule is CCC(CC)Oc1ccc(C(C)O)cc1C. The number of rotatable bonds is 5. The molecule has 2 heteroatoms. The fraction of sp³-hybridized carbons (Fsp3) is 0.571. The molecule has 0 aliphatic carbocycles. The molecule has 0 saturated heterocycles. The van der Waals surface area contributed by atoms with E-state index in [0.29, 0.717) is 0 Å². The van der Waals surface area contributed by atoms with Crippen LogP contribution in [0.4, 0.5) is 0 Å². The number of aliphatic hydroxyl groups excluding tert-OH is 1. The van der Waals surface area contributed by atoms with Crippen molar-refractivity contribution in [2.45, 2.75) is 52.7 Å². The van der Waals surface area contributed by atoms with Crippen LogP contribution in [0, 0.1) is 6.92 Å². The Morgan fingerprint density at radius 2 is 1.88 bits per heavy atom. The Bertz CT molecular complexity index is 328. The van der Waals surface area contributed by atoms with Crippen LogP contribution in [0.1, 0.15) is 50.8 Å². The van der Waals surface area contributed by atoms with Gasteiger partial charge in [-0.25, -0.2) is 0 Å². The van der Waals surface area contributed by atoms with Crippen LogP contribution in [0.2, 0.25) is 0 Å². The predicted molar refractivity (Wildman–Crippen MR) is 66.8 cm³/mol. The summed E-state index contributed by atoms with van der Waals surface area (Å²) < 4.78 is 5.90. The average molecular weight is 222 g/mol. The van der Waals surface area contributed by atoms with E-state index in [0.717, 1.165) is 29.7 Å². The van der Waals surface area contributed by atoms with Gasteiger partial charge < -0.3 is 9.84 Å². The van der Waals surface area contributed by atoms with Gasteiger partial charge in [-0.3, -0.25) is 0 Å². The fourth-order valence-electron chi connectivity index (χ4n) is 1.70. The van der Waals surface area contributed by atoms with Crippen LogP contribution in [0.5, 0.6) is 5.75 Å². The van der Waals surface area contributed by atoms with Crippen molar-refractivity contribution in [1.29, 1.82) is 0 Å². The molecule has 0 heterocycles. The minimum Gasteiger partial charge on any atom is -0.490 e. The third kappa shape index (κ3) is 3.24. The smallest absolute Gasteiger partial charge is 0.122 e. The molecular formula is C14H22O2. The second-order valence-corrected chi connectivity index (χ2v) is 4.26. The molecule has 0 amide bonds. The van der Waals surface area contributed by atoms with Gasteiger partial charge in [-0.1, -0.05) is 19.9 Å². The molecule has 1 atom stereocenters. The largest absolute Gasteiger partial charge is 0.490 e. The maximum absolute atomic E-state index is 9.47. The normalized spacial score (nSPS) is 12.9. The summed E-state index contributed by atoms with van der Waals surface area (Å²) in [6.45, 7) is 8.06. The molecule has 2 nitrogen and oxygen atoms in total. The Hall–Kier alpha value is -1.02. The molecule has 1 rings (SSSR count). The summed E-state index contributed by atoms with van der Waals surface area (Å²) in [5.41, 5.74) is 2.03. The van der Waals surface area contributed by atoms with Gasteiger partial charge in [0.25, 0.3) is 0 Å². The zero-order valence-electron chi connectivity index (χ0n) is 10.7. The third-order valence-electron chi connectivity index (χ3n) is 2.89. The second kappa shape index (κ2) is 5.90. The first kappa shape index (κ1) is 13.0. The number of benzene rings is 1. The lowest BCUT2D eigenvalue weighted by Gasteiger charge is -2.18. The summed E-state index contributed by atoms with van der Waals surface area (Å²) in [5.74, 6) is 0.929. The van der Waals surface area contributed by atoms with Crippen molar-refractivity contribution >= 4 is 0 Å². The Morgan fingerprint density at radius 1 is 1.25 bits per heavy atom. The molecule has 0 spiro atoms. The van der Waals surface area contributed by atoms with E-state index >= 15 is 0 Å². The summed E-state index contributed by atoms with van der Waals surface area (Å²) >= 11 is 0. The van der Waals surface area contributed by atoms with Crippen molar-refractivity contribution in [1.82, 2.24) is 0 Å². The highest BCUT2D eigenvalue weighted by atomic mass is 16.5. The molecule has 1 aromatic carbocycles. The van der Waals surface area contributed by atoms with Gasteiger partial charge in [0.2, 0.25) is 0 Å². The van der Waals surface area contributed by atoms with E-state index in [1.807, 2.05) is 25.1 Å². The summed E-state index contributed by atoms with van der Waals surface area (Å²) in [6.07, 6.45) is 1.92. The quantitative estimate of drug-likeness (QED) is 0.824. The fourth-order valence-corrected chi connectivity index (χ4v) is 1.70. The van der Waals surface area contributed by atoms with Gasteiger partial charge in [-0.2, -0.15) is 0 Å². The topological polar surface area (TPSA) is 29.5 Å². The standard InChI is InChI=1S/C14H22O2/c1-5-13(6-2)16-14-8-7-12(11(4)15)9-10(14)3/h7-9,11,13,15H,5-6H2,1-4H3. The van der Waals surface area contributed by atoms with E-state index in [9.17, 15) is 5.11 Å². The van der Waals surface area contributed by atoms with E-state index in [-0.39, 0.29) is 6.10 Å². The molecule has 0 fully saturated rings. The monoisotopic (exact) mass is 222 g/mol. The Morgan fingerprint density at radius 3 is 2.31 bits per heavy atom. The van der Waals surface area contributed by atoms with Crippen molar-refractivity contribution in [3.8, 4) is 5.75 Å². The zero-order valence-corrected chi connectivity index (χ0v) is 10.7. The van der Waals surface area contributed by atoms with Crippen LogP contribution in [0.25, 0.3) is 0 Å². The minimum atomic E-state index is -0.416. The van der Waals surface area contributed by atoms with E-state index in [1.54, 1.807) is 6.92 Å². The third-order valence-corrected chi connectivity index (χ3v) is 2.89. The lowest BCUT2D eigenvalue weighted by molar-refractivity contribution is 0.189. The number of hydrogen-bond donors (Lipinski definition) is 1. The highest BCUT2D eigenvalue weighted by Crippen LogP contribution is 2.24. The second-order valence-electron chi connectivity index (χ2n) is 4.26. The lowest BCUT2D eigenvalue weighted by atomic mass is 10.1. The molecule has 0 aliphatic rings. The van der Waals surface area contributed by atoms with E-state index in [4.69, 9.17) is 4.74 Å². The first-order valence-corrected chi connectivity index (χ1v) is 6.03. The molecule has 0 saturated carbocycles. The maximum Gasteiger partial charge on any atom is 0.122 e. The molecular weight excluding hydrogens is 200 g/mol. The van der Waals surface area contributed by atoms with Gasteiger partial charge in [0, 0.05) is 0 Å². The molecule has 90 valence electrons. The molecule has 1 aromatic rings.